The molecule has 0 radical (unpaired) electrons. The van der Waals surface area contributed by atoms with Crippen LogP contribution < -0.4 is 5.32 Å². The first-order valence-electron chi connectivity index (χ1n) is 9.96. The highest BCUT2D eigenvalue weighted by Crippen LogP contribution is 2.41. The Kier molecular flexibility index (Phi) is 6.14. The molecular weight excluding hydrogens is 392 g/mol. The minimum absolute atomic E-state index is 0.0272. The molecule has 1 aromatic carbocycles. The van der Waals surface area contributed by atoms with Gasteiger partial charge >= 0.3 is 5.97 Å². The normalized spacial score (nSPS) is 20.6. The first kappa shape index (κ1) is 21.5. The zero-order valence-corrected chi connectivity index (χ0v) is 17.9. The second-order valence-corrected chi connectivity index (χ2v) is 9.96. The average molecular weight is 421 g/mol. The van der Waals surface area contributed by atoms with Crippen molar-refractivity contribution in [2.75, 3.05) is 25.4 Å². The Morgan fingerprint density at radius 3 is 2.45 bits per heavy atom. The highest BCUT2D eigenvalue weighted by atomic mass is 32.2. The predicted octanol–water partition coefficient (Wildman–Crippen LogP) is 1.96. The minimum atomic E-state index is -3.31. The number of nitrogens with zero attached hydrogens (tertiary/aromatic N) is 1. The van der Waals surface area contributed by atoms with E-state index in [2.05, 4.69) is 5.32 Å². The van der Waals surface area contributed by atoms with Crippen molar-refractivity contribution in [3.63, 3.8) is 0 Å². The fraction of sp³-hybridized carbons (Fsp3) is 0.524. The summed E-state index contributed by atoms with van der Waals surface area (Å²) in [5.41, 5.74) is 0.726. The van der Waals surface area contributed by atoms with Gasteiger partial charge in [-0.05, 0) is 25.3 Å². The van der Waals surface area contributed by atoms with Crippen LogP contribution in [-0.2, 0) is 24.3 Å². The quantitative estimate of drug-likeness (QED) is 0.710. The van der Waals surface area contributed by atoms with Crippen LogP contribution in [0.4, 0.5) is 0 Å². The Balaban J connectivity index is 1.73. The molecule has 1 amide bonds. The molecule has 1 N–H and O–H groups in total. The molecule has 8 heteroatoms. The van der Waals surface area contributed by atoms with Gasteiger partial charge in [-0.25, -0.2) is 17.5 Å². The van der Waals surface area contributed by atoms with Crippen molar-refractivity contribution in [3.8, 4) is 0 Å². The highest BCUT2D eigenvalue weighted by Gasteiger charge is 2.51. The van der Waals surface area contributed by atoms with Crippen LogP contribution in [-0.4, -0.2) is 55.6 Å². The molecule has 0 aliphatic carbocycles. The summed E-state index contributed by atoms with van der Waals surface area (Å²) in [5.74, 6) is -0.674. The van der Waals surface area contributed by atoms with Gasteiger partial charge in [0.1, 0.15) is 5.60 Å². The molecule has 29 heavy (non-hydrogen) atoms. The summed E-state index contributed by atoms with van der Waals surface area (Å²) in [6.45, 7) is 6.12. The number of benzene rings is 1. The van der Waals surface area contributed by atoms with Gasteiger partial charge in [0.25, 0.3) is 5.91 Å². The number of sulfonamides is 1. The Morgan fingerprint density at radius 1 is 1.24 bits per heavy atom. The van der Waals surface area contributed by atoms with Crippen LogP contribution in [0, 0.1) is 0 Å². The highest BCUT2D eigenvalue weighted by molar-refractivity contribution is 7.89. The number of carbonyl (C=O) groups excluding carboxylic acids is 2. The number of amides is 1. The van der Waals surface area contributed by atoms with Gasteiger partial charge in [0.15, 0.2) is 0 Å². The van der Waals surface area contributed by atoms with Gasteiger partial charge in [-0.2, -0.15) is 0 Å². The molecule has 1 aromatic rings. The van der Waals surface area contributed by atoms with Gasteiger partial charge < -0.3 is 10.1 Å². The topological polar surface area (TPSA) is 92.8 Å². The van der Waals surface area contributed by atoms with Crippen molar-refractivity contribution in [1.82, 2.24) is 9.62 Å². The van der Waals surface area contributed by atoms with Crippen molar-refractivity contribution in [2.45, 2.75) is 45.1 Å². The summed E-state index contributed by atoms with van der Waals surface area (Å²) in [6.07, 6.45) is 0.568. The van der Waals surface area contributed by atoms with Crippen molar-refractivity contribution >= 4 is 21.9 Å². The van der Waals surface area contributed by atoms with Gasteiger partial charge in [0.05, 0.1) is 11.3 Å². The van der Waals surface area contributed by atoms with Crippen LogP contribution in [0.25, 0.3) is 0 Å². The Hall–Kier alpha value is -2.19. The number of rotatable bonds is 6. The lowest BCUT2D eigenvalue weighted by molar-refractivity contribution is -0.150. The number of piperidine rings is 1. The molecule has 158 valence electrons. The summed E-state index contributed by atoms with van der Waals surface area (Å²) in [5, 5.41) is 2.94. The third-order valence-electron chi connectivity index (χ3n) is 5.88. The maximum absolute atomic E-state index is 13.0. The van der Waals surface area contributed by atoms with E-state index in [4.69, 9.17) is 4.74 Å². The van der Waals surface area contributed by atoms with E-state index in [0.29, 0.717) is 17.7 Å². The standard InChI is InChI=1S/C21H28N2O5S/c1-4-29(26,27)23-12-10-21(11-13-23)18(16(3)20(25)28-21)19(24)22-14-15(2)17-8-6-5-7-9-17/h5-9,15H,4,10-14H2,1-3H3,(H,22,24). The van der Waals surface area contributed by atoms with E-state index in [9.17, 15) is 18.0 Å². The van der Waals surface area contributed by atoms with E-state index in [1.807, 2.05) is 37.3 Å². The molecule has 0 aromatic heterocycles. The van der Waals surface area contributed by atoms with Crippen molar-refractivity contribution < 1.29 is 22.7 Å². The monoisotopic (exact) mass is 420 g/mol. The summed E-state index contributed by atoms with van der Waals surface area (Å²) in [6, 6.07) is 9.87. The number of nitrogens with one attached hydrogen (secondary N) is 1. The van der Waals surface area contributed by atoms with E-state index >= 15 is 0 Å². The first-order valence-corrected chi connectivity index (χ1v) is 11.6. The number of hydrogen-bond acceptors (Lipinski definition) is 5. The zero-order valence-electron chi connectivity index (χ0n) is 17.1. The lowest BCUT2D eigenvalue weighted by Crippen LogP contribution is -2.50. The molecule has 2 aliphatic rings. The molecule has 0 saturated carbocycles. The molecule has 1 unspecified atom stereocenters. The molecule has 1 spiro atoms. The molecule has 1 fully saturated rings. The van der Waals surface area contributed by atoms with Crippen LogP contribution in [0.2, 0.25) is 0 Å². The first-order chi connectivity index (χ1) is 13.7. The van der Waals surface area contributed by atoms with E-state index in [-0.39, 0.29) is 43.5 Å². The third kappa shape index (κ3) is 4.23. The summed E-state index contributed by atoms with van der Waals surface area (Å²) in [7, 11) is -3.31. The Bertz CT molecular complexity index is 916. The fourth-order valence-electron chi connectivity index (χ4n) is 4.02. The van der Waals surface area contributed by atoms with E-state index in [0.717, 1.165) is 5.56 Å². The van der Waals surface area contributed by atoms with Gasteiger partial charge in [-0.1, -0.05) is 37.3 Å². The van der Waals surface area contributed by atoms with Crippen LogP contribution >= 0.6 is 0 Å². The van der Waals surface area contributed by atoms with E-state index in [1.54, 1.807) is 13.8 Å². The summed E-state index contributed by atoms with van der Waals surface area (Å²) < 4.78 is 31.3. The second-order valence-electron chi connectivity index (χ2n) is 7.71. The molecule has 1 atom stereocenters. The van der Waals surface area contributed by atoms with Crippen LogP contribution in [0.15, 0.2) is 41.5 Å². The van der Waals surface area contributed by atoms with Crippen LogP contribution in [0.3, 0.4) is 0 Å². The third-order valence-corrected chi connectivity index (χ3v) is 7.76. The zero-order chi connectivity index (χ0) is 21.2. The van der Waals surface area contributed by atoms with Crippen molar-refractivity contribution in [3.05, 3.63) is 47.0 Å². The Morgan fingerprint density at radius 2 is 1.86 bits per heavy atom. The lowest BCUT2D eigenvalue weighted by atomic mass is 9.83. The molecule has 2 aliphatic heterocycles. The van der Waals surface area contributed by atoms with Crippen molar-refractivity contribution in [1.29, 1.82) is 0 Å². The number of carbonyl (C=O) groups is 2. The predicted molar refractivity (Wildman–Crippen MR) is 110 cm³/mol. The number of hydrogen-bond donors (Lipinski definition) is 1. The fourth-order valence-corrected chi connectivity index (χ4v) is 5.12. The molecule has 0 bridgehead atoms. The maximum atomic E-state index is 13.0. The van der Waals surface area contributed by atoms with Crippen molar-refractivity contribution in [2.24, 2.45) is 0 Å². The smallest absolute Gasteiger partial charge is 0.335 e. The molecule has 1 saturated heterocycles. The summed E-state index contributed by atoms with van der Waals surface area (Å²) in [4.78, 5) is 25.3. The molecule has 7 nitrogen and oxygen atoms in total. The molecule has 3 rings (SSSR count). The van der Waals surface area contributed by atoms with Gasteiger partial charge in [-0.3, -0.25) is 4.79 Å². The average Bonchev–Trinajstić information content (AvgIpc) is 2.96. The SMILES string of the molecule is CCS(=O)(=O)N1CCC2(CC1)OC(=O)C(C)=C2C(=O)NCC(C)c1ccccc1. The van der Waals surface area contributed by atoms with Gasteiger partial charge in [-0.15, -0.1) is 0 Å². The largest absolute Gasteiger partial charge is 0.450 e. The number of esters is 1. The van der Waals surface area contributed by atoms with Gasteiger partial charge in [0, 0.05) is 38.0 Å². The van der Waals surface area contributed by atoms with Gasteiger partial charge in [0.2, 0.25) is 10.0 Å². The number of ether oxygens (including phenoxy) is 1. The van der Waals surface area contributed by atoms with Crippen LogP contribution in [0.5, 0.6) is 0 Å². The van der Waals surface area contributed by atoms with E-state index in [1.165, 1.54) is 4.31 Å². The molecular formula is C21H28N2O5S. The van der Waals surface area contributed by atoms with E-state index < -0.39 is 21.6 Å². The maximum Gasteiger partial charge on any atom is 0.335 e. The lowest BCUT2D eigenvalue weighted by Gasteiger charge is -2.38. The minimum Gasteiger partial charge on any atom is -0.450 e. The second kappa shape index (κ2) is 8.28. The summed E-state index contributed by atoms with van der Waals surface area (Å²) >= 11 is 0. The molecule has 2 heterocycles. The van der Waals surface area contributed by atoms with Crippen LogP contribution in [0.1, 0.15) is 45.1 Å². The Labute approximate surface area is 172 Å².